The first-order valence-electron chi connectivity index (χ1n) is 6.37. The van der Waals surface area contributed by atoms with Crippen molar-refractivity contribution in [3.8, 4) is 0 Å². The van der Waals surface area contributed by atoms with Gasteiger partial charge in [0, 0.05) is 24.4 Å². The molecule has 0 aromatic carbocycles. The topological polar surface area (TPSA) is 41.5 Å². The molecule has 3 unspecified atom stereocenters. The second-order valence-corrected chi connectivity index (χ2v) is 5.89. The number of hydrogen-bond donors (Lipinski definition) is 2. The normalized spacial score (nSPS) is 27.2. The quantitative estimate of drug-likeness (QED) is 0.684. The van der Waals surface area contributed by atoms with Crippen molar-refractivity contribution in [1.29, 1.82) is 0 Å². The number of thioether (sulfide) groups is 1. The Hall–Kier alpha value is 0.230. The van der Waals surface area contributed by atoms with Gasteiger partial charge in [-0.1, -0.05) is 6.92 Å². The molecule has 1 saturated carbocycles. The zero-order chi connectivity index (χ0) is 11.8. The Morgan fingerprint density at radius 1 is 1.44 bits per heavy atom. The smallest absolute Gasteiger partial charge is 0.0897 e. The summed E-state index contributed by atoms with van der Waals surface area (Å²) in [6.07, 6.45) is 3.45. The van der Waals surface area contributed by atoms with E-state index in [4.69, 9.17) is 4.74 Å². The van der Waals surface area contributed by atoms with Crippen LogP contribution in [0.15, 0.2) is 0 Å². The summed E-state index contributed by atoms with van der Waals surface area (Å²) in [5.74, 6) is 1.21. The predicted molar refractivity (Wildman–Crippen MR) is 70.1 cm³/mol. The van der Waals surface area contributed by atoms with Gasteiger partial charge in [0.25, 0.3) is 0 Å². The third kappa shape index (κ3) is 5.53. The second kappa shape index (κ2) is 8.34. The molecule has 2 N–H and O–H groups in total. The Labute approximate surface area is 103 Å². The maximum absolute atomic E-state index is 9.62. The summed E-state index contributed by atoms with van der Waals surface area (Å²) in [6, 6.07) is 0.598. The molecule has 0 heterocycles. The van der Waals surface area contributed by atoms with Crippen molar-refractivity contribution in [2.75, 3.05) is 25.5 Å². The van der Waals surface area contributed by atoms with Crippen LogP contribution in [0.25, 0.3) is 0 Å². The van der Waals surface area contributed by atoms with Gasteiger partial charge in [-0.15, -0.1) is 0 Å². The summed E-state index contributed by atoms with van der Waals surface area (Å²) in [5.41, 5.74) is 0. The van der Waals surface area contributed by atoms with Gasteiger partial charge >= 0.3 is 0 Å². The van der Waals surface area contributed by atoms with E-state index in [0.29, 0.717) is 25.8 Å². The van der Waals surface area contributed by atoms with E-state index < -0.39 is 0 Å². The van der Waals surface area contributed by atoms with Gasteiger partial charge in [-0.3, -0.25) is 0 Å². The molecule has 1 fully saturated rings. The highest BCUT2D eigenvalue weighted by molar-refractivity contribution is 7.99. The first-order valence-corrected chi connectivity index (χ1v) is 7.41. The summed E-state index contributed by atoms with van der Waals surface area (Å²) in [7, 11) is 0. The molecule has 0 radical (unpaired) electrons. The van der Waals surface area contributed by atoms with Crippen LogP contribution < -0.4 is 5.32 Å². The highest BCUT2D eigenvalue weighted by Crippen LogP contribution is 2.29. The van der Waals surface area contributed by atoms with E-state index >= 15 is 0 Å². The second-order valence-electron chi connectivity index (χ2n) is 4.31. The fourth-order valence-electron chi connectivity index (χ4n) is 2.13. The standard InChI is InChI=1S/C12H25NO2S/c1-3-15-9-11(14)8-13-10-5-6-12(7-10)16-4-2/h10-14H,3-9H2,1-2H3. The van der Waals surface area contributed by atoms with Crippen molar-refractivity contribution < 1.29 is 9.84 Å². The fraction of sp³-hybridized carbons (Fsp3) is 1.00. The van der Waals surface area contributed by atoms with Crippen molar-refractivity contribution in [2.24, 2.45) is 0 Å². The molecule has 16 heavy (non-hydrogen) atoms. The van der Waals surface area contributed by atoms with E-state index in [9.17, 15) is 5.11 Å². The zero-order valence-corrected chi connectivity index (χ0v) is 11.3. The Morgan fingerprint density at radius 3 is 2.94 bits per heavy atom. The van der Waals surface area contributed by atoms with E-state index in [1.165, 1.54) is 25.0 Å². The average molecular weight is 247 g/mol. The van der Waals surface area contributed by atoms with Gasteiger partial charge in [0.1, 0.15) is 0 Å². The highest BCUT2D eigenvalue weighted by Gasteiger charge is 2.24. The number of aliphatic hydroxyl groups is 1. The summed E-state index contributed by atoms with van der Waals surface area (Å²) in [4.78, 5) is 0. The van der Waals surface area contributed by atoms with Crippen LogP contribution in [0.1, 0.15) is 33.1 Å². The number of hydrogen-bond acceptors (Lipinski definition) is 4. The molecule has 1 rings (SSSR count). The molecular weight excluding hydrogens is 222 g/mol. The largest absolute Gasteiger partial charge is 0.389 e. The van der Waals surface area contributed by atoms with Crippen molar-refractivity contribution in [3.63, 3.8) is 0 Å². The molecule has 0 aliphatic heterocycles. The van der Waals surface area contributed by atoms with Crippen molar-refractivity contribution in [2.45, 2.75) is 50.5 Å². The van der Waals surface area contributed by atoms with Gasteiger partial charge in [-0.2, -0.15) is 11.8 Å². The molecule has 96 valence electrons. The van der Waals surface area contributed by atoms with Gasteiger partial charge in [-0.25, -0.2) is 0 Å². The molecule has 1 aliphatic rings. The maximum Gasteiger partial charge on any atom is 0.0897 e. The predicted octanol–water partition coefficient (Wildman–Crippen LogP) is 1.65. The fourth-order valence-corrected chi connectivity index (χ4v) is 3.27. The SMILES string of the molecule is CCOCC(O)CNC1CCC(SCC)C1. The molecule has 0 bridgehead atoms. The first-order chi connectivity index (χ1) is 7.76. The molecule has 0 spiro atoms. The number of rotatable bonds is 8. The van der Waals surface area contributed by atoms with Gasteiger partial charge in [-0.05, 0) is 31.9 Å². The molecule has 0 aromatic heterocycles. The van der Waals surface area contributed by atoms with Crippen molar-refractivity contribution in [1.82, 2.24) is 5.32 Å². The monoisotopic (exact) mass is 247 g/mol. The molecular formula is C12H25NO2S. The zero-order valence-electron chi connectivity index (χ0n) is 10.4. The molecule has 0 saturated heterocycles. The Balaban J connectivity index is 2.05. The summed E-state index contributed by atoms with van der Waals surface area (Å²) >= 11 is 2.06. The van der Waals surface area contributed by atoms with E-state index in [0.717, 1.165) is 5.25 Å². The summed E-state index contributed by atoms with van der Waals surface area (Å²) in [6.45, 7) is 5.95. The lowest BCUT2D eigenvalue weighted by Gasteiger charge is -2.16. The first kappa shape index (κ1) is 14.3. The molecule has 1 aliphatic carbocycles. The maximum atomic E-state index is 9.62. The summed E-state index contributed by atoms with van der Waals surface area (Å²) < 4.78 is 5.18. The van der Waals surface area contributed by atoms with Crippen LogP contribution in [0.5, 0.6) is 0 Å². The third-order valence-corrected chi connectivity index (χ3v) is 4.18. The number of aliphatic hydroxyl groups excluding tert-OH is 1. The van der Waals surface area contributed by atoms with Crippen LogP contribution >= 0.6 is 11.8 Å². The minimum absolute atomic E-state index is 0.363. The number of nitrogens with one attached hydrogen (secondary N) is 1. The Kier molecular flexibility index (Phi) is 7.45. The van der Waals surface area contributed by atoms with E-state index in [1.807, 2.05) is 6.92 Å². The molecule has 3 nitrogen and oxygen atoms in total. The molecule has 3 atom stereocenters. The Morgan fingerprint density at radius 2 is 2.25 bits per heavy atom. The van der Waals surface area contributed by atoms with E-state index in [-0.39, 0.29) is 6.10 Å². The van der Waals surface area contributed by atoms with Gasteiger partial charge in [0.15, 0.2) is 0 Å². The van der Waals surface area contributed by atoms with Crippen molar-refractivity contribution in [3.05, 3.63) is 0 Å². The average Bonchev–Trinajstić information content (AvgIpc) is 2.72. The lowest BCUT2D eigenvalue weighted by Crippen LogP contribution is -2.36. The lowest BCUT2D eigenvalue weighted by atomic mass is 10.2. The van der Waals surface area contributed by atoms with Crippen LogP contribution in [0.4, 0.5) is 0 Å². The summed E-state index contributed by atoms with van der Waals surface area (Å²) in [5, 5.41) is 13.9. The van der Waals surface area contributed by atoms with Crippen LogP contribution in [0.3, 0.4) is 0 Å². The van der Waals surface area contributed by atoms with Gasteiger partial charge in [0.2, 0.25) is 0 Å². The van der Waals surface area contributed by atoms with Crippen molar-refractivity contribution >= 4 is 11.8 Å². The van der Waals surface area contributed by atoms with Crippen LogP contribution in [-0.4, -0.2) is 48.0 Å². The Bertz CT molecular complexity index is 180. The molecule has 0 aromatic rings. The lowest BCUT2D eigenvalue weighted by molar-refractivity contribution is 0.0415. The molecule has 4 heteroatoms. The van der Waals surface area contributed by atoms with Gasteiger partial charge < -0.3 is 15.2 Å². The van der Waals surface area contributed by atoms with Gasteiger partial charge in [0.05, 0.1) is 12.7 Å². The minimum atomic E-state index is -0.363. The number of ether oxygens (including phenoxy) is 1. The van der Waals surface area contributed by atoms with Crippen LogP contribution in [-0.2, 0) is 4.74 Å². The van der Waals surface area contributed by atoms with E-state index in [2.05, 4.69) is 24.0 Å². The molecule has 0 amide bonds. The van der Waals surface area contributed by atoms with Crippen LogP contribution in [0.2, 0.25) is 0 Å². The third-order valence-electron chi connectivity index (χ3n) is 2.94. The minimum Gasteiger partial charge on any atom is -0.389 e. The highest BCUT2D eigenvalue weighted by atomic mass is 32.2. The van der Waals surface area contributed by atoms with Crippen LogP contribution in [0, 0.1) is 0 Å². The van der Waals surface area contributed by atoms with E-state index in [1.54, 1.807) is 0 Å².